The summed E-state index contributed by atoms with van der Waals surface area (Å²) in [6.07, 6.45) is 1.66. The third-order valence-electron chi connectivity index (χ3n) is 2.18. The predicted octanol–water partition coefficient (Wildman–Crippen LogP) is -0.320. The van der Waals surface area contributed by atoms with Crippen molar-refractivity contribution in [2.45, 2.75) is 13.5 Å². The van der Waals surface area contributed by atoms with Gasteiger partial charge in [0.15, 0.2) is 0 Å². The first-order valence-electron chi connectivity index (χ1n) is 4.45. The van der Waals surface area contributed by atoms with Gasteiger partial charge in [-0.15, -0.1) is 0 Å². The van der Waals surface area contributed by atoms with Crippen molar-refractivity contribution in [1.82, 2.24) is 4.40 Å². The fourth-order valence-corrected chi connectivity index (χ4v) is 1.52. The van der Waals surface area contributed by atoms with Crippen molar-refractivity contribution >= 4 is 5.65 Å². The smallest absolute Gasteiger partial charge is 0.341 e. The third kappa shape index (κ3) is 1.16. The number of fused-ring (bicyclic) bond motifs is 1. The molecule has 4 heteroatoms. The molecule has 0 saturated carbocycles. The maximum Gasteiger partial charge on any atom is 0.341 e. The number of aryl methyl sites for hydroxylation is 1. The maximum atomic E-state index is 11.4. The number of hydrogen-bond acceptors (Lipinski definition) is 2. The highest BCUT2D eigenvalue weighted by Gasteiger charge is 2.08. The molecule has 2 heterocycles. The van der Waals surface area contributed by atoms with Crippen molar-refractivity contribution in [3.8, 4) is 5.88 Å². The van der Waals surface area contributed by atoms with Crippen molar-refractivity contribution < 1.29 is 9.67 Å². The first-order valence-corrected chi connectivity index (χ1v) is 4.45. The Kier molecular flexibility index (Phi) is 1.96. The van der Waals surface area contributed by atoms with Crippen LogP contribution in [0.5, 0.6) is 5.88 Å². The highest BCUT2D eigenvalue weighted by atomic mass is 16.3. The Hall–Kier alpha value is -1.84. The van der Waals surface area contributed by atoms with E-state index in [9.17, 15) is 9.90 Å². The summed E-state index contributed by atoms with van der Waals surface area (Å²) in [5.41, 5.74) is 0.350. The van der Waals surface area contributed by atoms with Crippen molar-refractivity contribution in [2.24, 2.45) is 0 Å². The molecule has 0 radical (unpaired) electrons. The van der Waals surface area contributed by atoms with Crippen LogP contribution in [0.2, 0.25) is 0 Å². The molecule has 0 aromatic carbocycles. The quantitative estimate of drug-likeness (QED) is 0.579. The van der Waals surface area contributed by atoms with Crippen LogP contribution in [0.25, 0.3) is 5.65 Å². The van der Waals surface area contributed by atoms with Crippen molar-refractivity contribution in [3.63, 3.8) is 0 Å². The number of nitrogens with zero attached hydrogens (tertiary/aromatic N) is 2. The zero-order valence-electron chi connectivity index (χ0n) is 7.80. The molecular formula is C10H10N2O2. The van der Waals surface area contributed by atoms with Crippen molar-refractivity contribution in [1.29, 1.82) is 0 Å². The fourth-order valence-electron chi connectivity index (χ4n) is 1.52. The molecule has 0 saturated heterocycles. The van der Waals surface area contributed by atoms with Gasteiger partial charge in [-0.3, -0.25) is 0 Å². The van der Waals surface area contributed by atoms with Gasteiger partial charge in [0.2, 0.25) is 0 Å². The Bertz CT molecular complexity index is 531. The van der Waals surface area contributed by atoms with E-state index in [-0.39, 0.29) is 11.4 Å². The lowest BCUT2D eigenvalue weighted by Crippen LogP contribution is -2.41. The topological polar surface area (TPSA) is 48.4 Å². The minimum absolute atomic E-state index is 0.247. The molecule has 4 nitrogen and oxygen atoms in total. The van der Waals surface area contributed by atoms with Crippen LogP contribution in [0.3, 0.4) is 0 Å². The Morgan fingerprint density at radius 1 is 1.50 bits per heavy atom. The van der Waals surface area contributed by atoms with E-state index in [1.54, 1.807) is 29.0 Å². The molecule has 2 aromatic rings. The van der Waals surface area contributed by atoms with E-state index in [1.807, 2.05) is 6.92 Å². The van der Waals surface area contributed by atoms with Crippen molar-refractivity contribution in [3.05, 3.63) is 40.8 Å². The van der Waals surface area contributed by atoms with Crippen LogP contribution in [0.15, 0.2) is 35.3 Å². The molecule has 0 bridgehead atoms. The monoisotopic (exact) mass is 190 g/mol. The van der Waals surface area contributed by atoms with Gasteiger partial charge in [-0.1, -0.05) is 6.07 Å². The van der Waals surface area contributed by atoms with E-state index in [0.717, 1.165) is 6.07 Å². The van der Waals surface area contributed by atoms with Crippen LogP contribution in [0.1, 0.15) is 6.92 Å². The summed E-state index contributed by atoms with van der Waals surface area (Å²) in [5.74, 6) is -0.247. The molecule has 0 spiro atoms. The molecule has 0 aliphatic carbocycles. The van der Waals surface area contributed by atoms with Crippen LogP contribution >= 0.6 is 0 Å². The molecule has 0 amide bonds. The summed E-state index contributed by atoms with van der Waals surface area (Å²) in [7, 11) is 0. The molecule has 0 atom stereocenters. The van der Waals surface area contributed by atoms with Gasteiger partial charge < -0.3 is 5.11 Å². The molecule has 0 aliphatic heterocycles. The van der Waals surface area contributed by atoms with E-state index in [0.29, 0.717) is 12.2 Å². The normalized spacial score (nSPS) is 10.6. The van der Waals surface area contributed by atoms with E-state index < -0.39 is 0 Å². The summed E-state index contributed by atoms with van der Waals surface area (Å²) < 4.78 is 3.02. The molecule has 72 valence electrons. The summed E-state index contributed by atoms with van der Waals surface area (Å²) >= 11 is 0. The molecule has 2 rings (SSSR count). The van der Waals surface area contributed by atoms with Crippen LogP contribution in [0.4, 0.5) is 0 Å². The summed E-state index contributed by atoms with van der Waals surface area (Å²) in [5, 5.41) is 11.4. The molecule has 0 fully saturated rings. The fraction of sp³-hybridized carbons (Fsp3) is 0.200. The number of rotatable bonds is 1. The predicted molar refractivity (Wildman–Crippen MR) is 49.0 cm³/mol. The lowest BCUT2D eigenvalue weighted by Gasteiger charge is -2.09. The Morgan fingerprint density at radius 3 is 3.00 bits per heavy atom. The second-order valence-corrected chi connectivity index (χ2v) is 2.99. The Balaban J connectivity index is 2.98. The zero-order chi connectivity index (χ0) is 10.1. The Labute approximate surface area is 80.7 Å². The van der Waals surface area contributed by atoms with E-state index in [2.05, 4.69) is 0 Å². The van der Waals surface area contributed by atoms with E-state index >= 15 is 0 Å². The van der Waals surface area contributed by atoms with Gasteiger partial charge in [-0.05, 0) is 13.0 Å². The van der Waals surface area contributed by atoms with Gasteiger partial charge in [0, 0.05) is 6.07 Å². The van der Waals surface area contributed by atoms with E-state index in [1.165, 1.54) is 4.40 Å². The molecular weight excluding hydrogens is 180 g/mol. The number of hydrogen-bond donors (Lipinski definition) is 0. The molecule has 2 aromatic heterocycles. The van der Waals surface area contributed by atoms with Crippen LogP contribution in [0, 0.1) is 0 Å². The minimum Gasteiger partial charge on any atom is -0.842 e. The van der Waals surface area contributed by atoms with Crippen LogP contribution < -0.4 is 15.2 Å². The van der Waals surface area contributed by atoms with Gasteiger partial charge in [-0.2, -0.15) is 4.40 Å². The highest BCUT2D eigenvalue weighted by Crippen LogP contribution is 1.98. The van der Waals surface area contributed by atoms with Crippen LogP contribution in [-0.2, 0) is 6.54 Å². The van der Waals surface area contributed by atoms with Crippen LogP contribution in [-0.4, -0.2) is 4.40 Å². The van der Waals surface area contributed by atoms with Crippen molar-refractivity contribution in [2.75, 3.05) is 0 Å². The lowest BCUT2D eigenvalue weighted by molar-refractivity contribution is -0.713. The maximum absolute atomic E-state index is 11.4. The molecule has 0 N–H and O–H groups in total. The average Bonchev–Trinajstić information content (AvgIpc) is 2.18. The lowest BCUT2D eigenvalue weighted by atomic mass is 10.4. The van der Waals surface area contributed by atoms with Gasteiger partial charge in [0.05, 0.1) is 24.7 Å². The SMILES string of the molecule is CC[n+]1c([O-])cc(=O)n2ccccc21. The molecule has 0 aliphatic rings. The van der Waals surface area contributed by atoms with Gasteiger partial charge in [-0.25, -0.2) is 9.36 Å². The first-order chi connectivity index (χ1) is 6.74. The molecule has 14 heavy (non-hydrogen) atoms. The number of aromatic nitrogens is 2. The average molecular weight is 190 g/mol. The first kappa shape index (κ1) is 8.74. The van der Waals surface area contributed by atoms with Gasteiger partial charge >= 0.3 is 5.56 Å². The zero-order valence-corrected chi connectivity index (χ0v) is 7.80. The highest BCUT2D eigenvalue weighted by molar-refractivity contribution is 5.31. The largest absolute Gasteiger partial charge is 0.842 e. The van der Waals surface area contributed by atoms with Gasteiger partial charge in [0.25, 0.3) is 5.65 Å². The second-order valence-electron chi connectivity index (χ2n) is 2.99. The number of pyridine rings is 1. The second kappa shape index (κ2) is 3.14. The van der Waals surface area contributed by atoms with Gasteiger partial charge in [0.1, 0.15) is 0 Å². The standard InChI is InChI=1S/C10H10N2O2/c1-2-11-8-5-3-4-6-12(8)10(14)7-9(11)13/h3-7H,2H2,1H3. The third-order valence-corrected chi connectivity index (χ3v) is 2.18. The molecule has 0 unspecified atom stereocenters. The minimum atomic E-state index is -0.282. The summed E-state index contributed by atoms with van der Waals surface area (Å²) in [6.45, 7) is 2.44. The summed E-state index contributed by atoms with van der Waals surface area (Å²) in [6, 6.07) is 6.43. The summed E-state index contributed by atoms with van der Waals surface area (Å²) in [4.78, 5) is 11.4. The van der Waals surface area contributed by atoms with E-state index in [4.69, 9.17) is 0 Å². The Morgan fingerprint density at radius 2 is 2.29 bits per heavy atom.